The summed E-state index contributed by atoms with van der Waals surface area (Å²) in [5, 5.41) is 9.49. The van der Waals surface area contributed by atoms with E-state index in [2.05, 4.69) is 10.2 Å². The number of carbonyl (C=O) groups excluding carboxylic acids is 2. The van der Waals surface area contributed by atoms with Gasteiger partial charge < -0.3 is 15.2 Å². The number of thiocarbonyl (C=S) groups is 1. The third kappa shape index (κ3) is 4.53. The monoisotopic (exact) mass is 506 g/mol. The second-order valence-electron chi connectivity index (χ2n) is 8.22. The second-order valence-corrected chi connectivity index (χ2v) is 9.90. The zero-order chi connectivity index (χ0) is 24.5. The van der Waals surface area contributed by atoms with Gasteiger partial charge in [-0.25, -0.2) is 4.79 Å². The number of hydrogen-bond donors (Lipinski definition) is 1. The highest BCUT2D eigenvalue weighted by Crippen LogP contribution is 2.36. The molecule has 8 nitrogen and oxygen atoms in total. The van der Waals surface area contributed by atoms with Crippen molar-refractivity contribution in [3.8, 4) is 0 Å². The molecule has 35 heavy (non-hydrogen) atoms. The molecule has 10 heteroatoms. The predicted octanol–water partition coefficient (Wildman–Crippen LogP) is 3.07. The van der Waals surface area contributed by atoms with Crippen LogP contribution < -0.4 is 5.73 Å². The van der Waals surface area contributed by atoms with Crippen LogP contribution in [0.4, 0.5) is 0 Å². The summed E-state index contributed by atoms with van der Waals surface area (Å²) < 4.78 is 11.9. The van der Waals surface area contributed by atoms with Crippen molar-refractivity contribution in [1.82, 2.24) is 15.1 Å². The Morgan fingerprint density at radius 3 is 2.37 bits per heavy atom. The quantitative estimate of drug-likeness (QED) is 0.226. The molecule has 2 aromatic carbocycles. The molecule has 0 aliphatic carbocycles. The molecule has 3 heterocycles. The van der Waals surface area contributed by atoms with Gasteiger partial charge in [-0.15, -0.1) is 10.2 Å². The Balaban J connectivity index is 1.50. The summed E-state index contributed by atoms with van der Waals surface area (Å²) in [7, 11) is 0. The third-order valence-electron chi connectivity index (χ3n) is 5.85. The number of aromatic nitrogens is 2. The van der Waals surface area contributed by atoms with E-state index in [1.54, 1.807) is 0 Å². The Hall–Kier alpha value is -3.31. The number of esters is 1. The van der Waals surface area contributed by atoms with Crippen LogP contribution in [0.25, 0.3) is 0 Å². The molecular formula is C25H22N4O4S2. The second kappa shape index (κ2) is 9.74. The molecule has 2 aliphatic rings. The van der Waals surface area contributed by atoms with Gasteiger partial charge in [0.25, 0.3) is 5.91 Å². The topological polar surface area (TPSA) is 108 Å². The first kappa shape index (κ1) is 23.4. The van der Waals surface area contributed by atoms with Crippen molar-refractivity contribution in [3.63, 3.8) is 0 Å². The van der Waals surface area contributed by atoms with Gasteiger partial charge in [-0.1, -0.05) is 84.2 Å². The predicted molar refractivity (Wildman–Crippen MR) is 133 cm³/mol. The number of rotatable bonds is 7. The van der Waals surface area contributed by atoms with Crippen molar-refractivity contribution in [2.45, 2.75) is 31.7 Å². The smallest absolute Gasteiger partial charge is 0.356 e. The van der Waals surface area contributed by atoms with Crippen LogP contribution in [0.5, 0.6) is 0 Å². The number of fused-ring (bicyclic) bond motifs is 1. The highest BCUT2D eigenvalue weighted by molar-refractivity contribution is 7.81. The maximum Gasteiger partial charge on any atom is 0.356 e. The number of ether oxygens (including phenoxy) is 2. The fourth-order valence-electron chi connectivity index (χ4n) is 4.13. The SMILES string of the molecule is Cc1nnc(C(=S)CC2=C(C(=O)OC(c3ccccc3)c3ccccc3)N3C(=O)C(N)C3OC2)s1. The molecule has 2 aliphatic heterocycles. The minimum Gasteiger partial charge on any atom is -0.448 e. The highest BCUT2D eigenvalue weighted by atomic mass is 32.1. The highest BCUT2D eigenvalue weighted by Gasteiger charge is 2.53. The van der Waals surface area contributed by atoms with Gasteiger partial charge in [0.1, 0.15) is 16.7 Å². The first-order valence-corrected chi connectivity index (χ1v) is 12.2. The molecule has 178 valence electrons. The van der Waals surface area contributed by atoms with E-state index in [1.165, 1.54) is 16.2 Å². The maximum atomic E-state index is 13.7. The first-order chi connectivity index (χ1) is 16.9. The molecule has 1 aromatic heterocycles. The number of carbonyl (C=O) groups is 2. The average Bonchev–Trinajstić information content (AvgIpc) is 3.33. The largest absolute Gasteiger partial charge is 0.448 e. The number of amides is 1. The van der Waals surface area contributed by atoms with Gasteiger partial charge in [0.15, 0.2) is 17.3 Å². The average molecular weight is 507 g/mol. The van der Waals surface area contributed by atoms with Gasteiger partial charge in [-0.2, -0.15) is 0 Å². The molecule has 5 rings (SSSR count). The maximum absolute atomic E-state index is 13.7. The summed E-state index contributed by atoms with van der Waals surface area (Å²) in [6.45, 7) is 1.94. The van der Waals surface area contributed by atoms with E-state index < -0.39 is 30.3 Å². The fraction of sp³-hybridized carbons (Fsp3) is 0.240. The van der Waals surface area contributed by atoms with Crippen LogP contribution in [-0.2, 0) is 19.1 Å². The zero-order valence-corrected chi connectivity index (χ0v) is 20.4. The van der Waals surface area contributed by atoms with E-state index in [-0.39, 0.29) is 18.7 Å². The Bertz CT molecular complexity index is 1270. The standard InChI is InChI=1S/C25H22N4O4S2/c1-14-27-28-22(35-14)18(34)12-17-13-32-24-19(26)23(30)29(24)20(17)25(31)33-21(15-8-4-2-5-9-15)16-10-6-3-7-11-16/h2-11,19,21,24H,12-13,26H2,1H3. The molecule has 1 fully saturated rings. The van der Waals surface area contributed by atoms with E-state index in [9.17, 15) is 9.59 Å². The van der Waals surface area contributed by atoms with Gasteiger partial charge in [-0.05, 0) is 23.6 Å². The molecule has 0 saturated carbocycles. The van der Waals surface area contributed by atoms with E-state index in [0.29, 0.717) is 15.4 Å². The van der Waals surface area contributed by atoms with Crippen molar-refractivity contribution in [2.75, 3.05) is 6.61 Å². The van der Waals surface area contributed by atoms with Crippen molar-refractivity contribution in [3.05, 3.63) is 93.1 Å². The summed E-state index contributed by atoms with van der Waals surface area (Å²) in [5.41, 5.74) is 8.23. The molecule has 1 amide bonds. The van der Waals surface area contributed by atoms with Crippen molar-refractivity contribution in [1.29, 1.82) is 0 Å². The molecule has 3 aromatic rings. The lowest BCUT2D eigenvalue weighted by Gasteiger charge is -2.48. The lowest BCUT2D eigenvalue weighted by Crippen LogP contribution is -2.71. The van der Waals surface area contributed by atoms with Crippen LogP contribution in [0, 0.1) is 6.92 Å². The Kier molecular flexibility index (Phi) is 6.52. The Labute approximate surface area is 211 Å². The fourth-order valence-corrected chi connectivity index (χ4v) is 5.10. The summed E-state index contributed by atoms with van der Waals surface area (Å²) >= 11 is 6.94. The van der Waals surface area contributed by atoms with Crippen LogP contribution >= 0.6 is 23.6 Å². The van der Waals surface area contributed by atoms with E-state index >= 15 is 0 Å². The Morgan fingerprint density at radius 1 is 1.17 bits per heavy atom. The van der Waals surface area contributed by atoms with Gasteiger partial charge >= 0.3 is 5.97 Å². The van der Waals surface area contributed by atoms with Gasteiger partial charge in [0.05, 0.1) is 11.5 Å². The minimum absolute atomic E-state index is 0.103. The van der Waals surface area contributed by atoms with Crippen LogP contribution in [0.1, 0.15) is 33.7 Å². The number of nitrogens with two attached hydrogens (primary N) is 1. The van der Waals surface area contributed by atoms with Gasteiger partial charge in [-0.3, -0.25) is 9.69 Å². The summed E-state index contributed by atoms with van der Waals surface area (Å²) in [4.78, 5) is 28.2. The van der Waals surface area contributed by atoms with Crippen LogP contribution in [0.15, 0.2) is 71.9 Å². The molecule has 0 radical (unpaired) electrons. The zero-order valence-electron chi connectivity index (χ0n) is 18.8. The van der Waals surface area contributed by atoms with Gasteiger partial charge in [0.2, 0.25) is 0 Å². The van der Waals surface area contributed by atoms with Crippen LogP contribution in [0.2, 0.25) is 0 Å². The van der Waals surface area contributed by atoms with Crippen LogP contribution in [0.3, 0.4) is 0 Å². The van der Waals surface area contributed by atoms with Crippen molar-refractivity contribution in [2.24, 2.45) is 5.73 Å². The first-order valence-electron chi connectivity index (χ1n) is 11.0. The lowest BCUT2D eigenvalue weighted by atomic mass is 9.97. The molecule has 0 bridgehead atoms. The lowest BCUT2D eigenvalue weighted by molar-refractivity contribution is -0.182. The third-order valence-corrected chi connectivity index (χ3v) is 7.22. The van der Waals surface area contributed by atoms with Crippen molar-refractivity contribution < 1.29 is 19.1 Å². The van der Waals surface area contributed by atoms with Gasteiger partial charge in [0, 0.05) is 6.42 Å². The molecule has 2 N–H and O–H groups in total. The molecule has 1 saturated heterocycles. The summed E-state index contributed by atoms with van der Waals surface area (Å²) in [5.74, 6) is -1.03. The molecule has 2 unspecified atom stereocenters. The van der Waals surface area contributed by atoms with Crippen molar-refractivity contribution >= 4 is 40.3 Å². The van der Waals surface area contributed by atoms with Crippen LogP contribution in [-0.4, -0.2) is 50.7 Å². The normalized spacial score (nSPS) is 19.4. The number of β-lactam (4-membered cyclic amide) rings is 1. The number of hydrogen-bond acceptors (Lipinski definition) is 9. The Morgan fingerprint density at radius 2 is 1.80 bits per heavy atom. The van der Waals surface area contributed by atoms with E-state index in [0.717, 1.165) is 16.1 Å². The minimum atomic E-state index is -0.823. The number of aryl methyl sites for hydroxylation is 1. The molecular weight excluding hydrogens is 484 g/mol. The molecule has 2 atom stereocenters. The van der Waals surface area contributed by atoms with E-state index in [4.69, 9.17) is 27.4 Å². The molecule has 0 spiro atoms. The summed E-state index contributed by atoms with van der Waals surface area (Å²) in [6, 6.07) is 18.1. The number of nitrogens with zero attached hydrogens (tertiary/aromatic N) is 3. The summed E-state index contributed by atoms with van der Waals surface area (Å²) in [6.07, 6.45) is -1.16. The van der Waals surface area contributed by atoms with E-state index in [1.807, 2.05) is 67.6 Å². The number of benzene rings is 2.